The summed E-state index contributed by atoms with van der Waals surface area (Å²) < 4.78 is 13.9. The molecule has 0 spiro atoms. The standard InChI is InChI=1S/C17H18Cl2FN/c1-3-9-21-17(12-8-7-11(2)15(20)10-12)13-5-4-6-14(18)16(13)19/h4-8,10,17,21H,3,9H2,1-2H3. The molecular formula is C17H18Cl2FN. The van der Waals surface area contributed by atoms with Crippen molar-refractivity contribution in [3.8, 4) is 0 Å². The van der Waals surface area contributed by atoms with E-state index in [9.17, 15) is 4.39 Å². The van der Waals surface area contributed by atoms with Gasteiger partial charge in [-0.15, -0.1) is 0 Å². The second kappa shape index (κ2) is 7.26. The van der Waals surface area contributed by atoms with Gasteiger partial charge in [-0.1, -0.05) is 54.4 Å². The predicted octanol–water partition coefficient (Wildman–Crippen LogP) is 5.53. The van der Waals surface area contributed by atoms with E-state index in [1.165, 1.54) is 0 Å². The molecule has 2 aromatic rings. The number of halogens is 3. The maximum atomic E-state index is 13.9. The van der Waals surface area contributed by atoms with Gasteiger partial charge in [0.25, 0.3) is 0 Å². The van der Waals surface area contributed by atoms with Gasteiger partial charge in [-0.25, -0.2) is 4.39 Å². The van der Waals surface area contributed by atoms with Crippen molar-refractivity contribution in [2.45, 2.75) is 26.3 Å². The Morgan fingerprint density at radius 1 is 1.19 bits per heavy atom. The van der Waals surface area contributed by atoms with E-state index in [4.69, 9.17) is 23.2 Å². The highest BCUT2D eigenvalue weighted by Crippen LogP contribution is 2.33. The molecule has 0 amide bonds. The molecule has 0 aliphatic carbocycles. The first kappa shape index (κ1) is 16.3. The van der Waals surface area contributed by atoms with Crippen molar-refractivity contribution in [3.05, 3.63) is 69.0 Å². The summed E-state index contributed by atoms with van der Waals surface area (Å²) in [6.07, 6.45) is 0.975. The van der Waals surface area contributed by atoms with Crippen molar-refractivity contribution in [2.75, 3.05) is 6.54 Å². The van der Waals surface area contributed by atoms with Crippen molar-refractivity contribution < 1.29 is 4.39 Å². The Morgan fingerprint density at radius 3 is 2.62 bits per heavy atom. The zero-order valence-corrected chi connectivity index (χ0v) is 13.6. The maximum absolute atomic E-state index is 13.9. The Balaban J connectivity index is 2.47. The molecule has 1 atom stereocenters. The van der Waals surface area contributed by atoms with E-state index in [2.05, 4.69) is 12.2 Å². The monoisotopic (exact) mass is 325 g/mol. The van der Waals surface area contributed by atoms with Gasteiger partial charge in [0.05, 0.1) is 16.1 Å². The molecule has 112 valence electrons. The quantitative estimate of drug-likeness (QED) is 0.762. The van der Waals surface area contributed by atoms with Crippen LogP contribution >= 0.6 is 23.2 Å². The summed E-state index contributed by atoms with van der Waals surface area (Å²) in [5.74, 6) is -0.214. The number of nitrogens with one attached hydrogen (secondary N) is 1. The molecule has 0 bridgehead atoms. The molecule has 2 aromatic carbocycles. The number of rotatable bonds is 5. The number of hydrogen-bond acceptors (Lipinski definition) is 1. The summed E-state index contributed by atoms with van der Waals surface area (Å²) in [6, 6.07) is 10.6. The van der Waals surface area contributed by atoms with E-state index in [1.54, 1.807) is 25.1 Å². The highest BCUT2D eigenvalue weighted by atomic mass is 35.5. The van der Waals surface area contributed by atoms with Crippen LogP contribution in [0.3, 0.4) is 0 Å². The minimum absolute atomic E-state index is 0.175. The topological polar surface area (TPSA) is 12.0 Å². The normalized spacial score (nSPS) is 12.4. The molecule has 0 fully saturated rings. The average molecular weight is 326 g/mol. The summed E-state index contributed by atoms with van der Waals surface area (Å²) in [4.78, 5) is 0. The van der Waals surface area contributed by atoms with Crippen LogP contribution in [0, 0.1) is 12.7 Å². The Bertz CT molecular complexity index is 628. The van der Waals surface area contributed by atoms with Crippen LogP contribution in [0.25, 0.3) is 0 Å². The highest BCUT2D eigenvalue weighted by molar-refractivity contribution is 6.42. The zero-order chi connectivity index (χ0) is 15.4. The van der Waals surface area contributed by atoms with Gasteiger partial charge in [-0.2, -0.15) is 0 Å². The van der Waals surface area contributed by atoms with Gasteiger partial charge in [-0.3, -0.25) is 0 Å². The first-order chi connectivity index (χ1) is 10.0. The van der Waals surface area contributed by atoms with Gasteiger partial charge in [-0.05, 0) is 48.7 Å². The summed E-state index contributed by atoms with van der Waals surface area (Å²) >= 11 is 12.4. The summed E-state index contributed by atoms with van der Waals surface area (Å²) in [5.41, 5.74) is 2.33. The predicted molar refractivity (Wildman–Crippen MR) is 87.7 cm³/mol. The summed E-state index contributed by atoms with van der Waals surface area (Å²) in [6.45, 7) is 4.64. The molecule has 0 aliphatic heterocycles. The van der Waals surface area contributed by atoms with Gasteiger partial charge in [0.1, 0.15) is 5.82 Å². The fraction of sp³-hybridized carbons (Fsp3) is 0.294. The third-order valence-corrected chi connectivity index (χ3v) is 4.25. The van der Waals surface area contributed by atoms with E-state index in [0.29, 0.717) is 15.6 Å². The average Bonchev–Trinajstić information content (AvgIpc) is 2.47. The molecule has 1 N–H and O–H groups in total. The maximum Gasteiger partial charge on any atom is 0.126 e. The largest absolute Gasteiger partial charge is 0.306 e. The van der Waals surface area contributed by atoms with E-state index < -0.39 is 0 Å². The van der Waals surface area contributed by atoms with Gasteiger partial charge in [0, 0.05) is 0 Å². The molecule has 1 unspecified atom stereocenters. The Labute approximate surface area is 135 Å². The second-order valence-corrected chi connectivity index (χ2v) is 5.82. The lowest BCUT2D eigenvalue weighted by atomic mass is 9.97. The van der Waals surface area contributed by atoms with Gasteiger partial charge in [0.15, 0.2) is 0 Å². The molecule has 4 heteroatoms. The highest BCUT2D eigenvalue weighted by Gasteiger charge is 2.18. The second-order valence-electron chi connectivity index (χ2n) is 5.04. The molecule has 0 aliphatic rings. The van der Waals surface area contributed by atoms with E-state index in [-0.39, 0.29) is 11.9 Å². The Morgan fingerprint density at radius 2 is 1.95 bits per heavy atom. The molecule has 0 saturated heterocycles. The number of hydrogen-bond donors (Lipinski definition) is 1. The molecule has 2 rings (SSSR count). The first-order valence-electron chi connectivity index (χ1n) is 6.98. The Kier molecular flexibility index (Phi) is 5.63. The summed E-state index contributed by atoms with van der Waals surface area (Å²) in [7, 11) is 0. The Hall–Kier alpha value is -1.09. The number of benzene rings is 2. The third kappa shape index (κ3) is 3.76. The minimum atomic E-state index is -0.214. The zero-order valence-electron chi connectivity index (χ0n) is 12.1. The molecule has 0 heterocycles. The molecule has 0 saturated carbocycles. The van der Waals surface area contributed by atoms with Crippen molar-refractivity contribution in [2.24, 2.45) is 0 Å². The van der Waals surface area contributed by atoms with Crippen molar-refractivity contribution in [1.82, 2.24) is 5.32 Å². The molecule has 0 radical (unpaired) electrons. The van der Waals surface area contributed by atoms with Crippen LogP contribution in [0.15, 0.2) is 36.4 Å². The minimum Gasteiger partial charge on any atom is -0.306 e. The van der Waals surface area contributed by atoms with Crippen LogP contribution in [-0.4, -0.2) is 6.54 Å². The summed E-state index contributed by atoms with van der Waals surface area (Å²) in [5, 5.41) is 4.42. The SMILES string of the molecule is CCCNC(c1ccc(C)c(F)c1)c1cccc(Cl)c1Cl. The van der Waals surface area contributed by atoms with Crippen molar-refractivity contribution in [1.29, 1.82) is 0 Å². The lowest BCUT2D eigenvalue weighted by Gasteiger charge is -2.21. The van der Waals surface area contributed by atoms with Gasteiger partial charge >= 0.3 is 0 Å². The van der Waals surface area contributed by atoms with Crippen LogP contribution in [0.4, 0.5) is 4.39 Å². The van der Waals surface area contributed by atoms with Crippen LogP contribution in [0.5, 0.6) is 0 Å². The van der Waals surface area contributed by atoms with Crippen LogP contribution < -0.4 is 5.32 Å². The lowest BCUT2D eigenvalue weighted by Crippen LogP contribution is -2.23. The van der Waals surface area contributed by atoms with Crippen LogP contribution in [0.2, 0.25) is 10.0 Å². The fourth-order valence-corrected chi connectivity index (χ4v) is 2.65. The van der Waals surface area contributed by atoms with E-state index in [0.717, 1.165) is 24.1 Å². The van der Waals surface area contributed by atoms with Crippen molar-refractivity contribution >= 4 is 23.2 Å². The van der Waals surface area contributed by atoms with Crippen LogP contribution in [-0.2, 0) is 0 Å². The van der Waals surface area contributed by atoms with E-state index in [1.807, 2.05) is 18.2 Å². The smallest absolute Gasteiger partial charge is 0.126 e. The van der Waals surface area contributed by atoms with Gasteiger partial charge in [0.2, 0.25) is 0 Å². The number of aryl methyl sites for hydroxylation is 1. The van der Waals surface area contributed by atoms with E-state index >= 15 is 0 Å². The molecule has 0 aromatic heterocycles. The fourth-order valence-electron chi connectivity index (χ4n) is 2.23. The van der Waals surface area contributed by atoms with Crippen LogP contribution in [0.1, 0.15) is 36.1 Å². The lowest BCUT2D eigenvalue weighted by molar-refractivity contribution is 0.582. The molecule has 1 nitrogen and oxygen atoms in total. The first-order valence-corrected chi connectivity index (χ1v) is 7.73. The van der Waals surface area contributed by atoms with Crippen molar-refractivity contribution in [3.63, 3.8) is 0 Å². The molecular weight excluding hydrogens is 308 g/mol. The van der Waals surface area contributed by atoms with Gasteiger partial charge < -0.3 is 5.32 Å². The third-order valence-electron chi connectivity index (χ3n) is 3.42. The molecule has 21 heavy (non-hydrogen) atoms.